The highest BCUT2D eigenvalue weighted by Crippen LogP contribution is 2.21. The van der Waals surface area contributed by atoms with Gasteiger partial charge in [-0.15, -0.1) is 0 Å². The van der Waals surface area contributed by atoms with E-state index >= 15 is 0 Å². The van der Waals surface area contributed by atoms with Crippen LogP contribution in [0.5, 0.6) is 11.8 Å². The number of hydrogen-bond donors (Lipinski definition) is 1. The highest BCUT2D eigenvalue weighted by Gasteiger charge is 2.21. The summed E-state index contributed by atoms with van der Waals surface area (Å²) >= 11 is 0. The van der Waals surface area contributed by atoms with E-state index < -0.39 is 0 Å². The Hall–Kier alpha value is -3.23. The number of aromatic amines is 1. The molecule has 1 amide bonds. The maximum atomic E-state index is 12.1. The minimum Gasteiger partial charge on any atom is -0.422 e. The van der Waals surface area contributed by atoms with Gasteiger partial charge in [0, 0.05) is 32.8 Å². The Bertz CT molecular complexity index is 1020. The van der Waals surface area contributed by atoms with Gasteiger partial charge in [0.1, 0.15) is 0 Å². The van der Waals surface area contributed by atoms with E-state index in [-0.39, 0.29) is 17.5 Å². The Balaban J connectivity index is 1.41. The topological polar surface area (TPSA) is 106 Å². The Morgan fingerprint density at radius 3 is 2.93 bits per heavy atom. The molecule has 0 unspecified atom stereocenters. The van der Waals surface area contributed by atoms with E-state index in [0.29, 0.717) is 22.6 Å². The molecule has 4 rings (SSSR count). The number of nitrogens with zero attached hydrogens (tertiary/aromatic N) is 5. The fraction of sp³-hybridized carbons (Fsp3) is 0.389. The standard InChI is InChI=1S/C18H20N6O3/c1-12(25)23-6-3-13(4-7-23)10-24-11-14(8-20-24)27-18-21-16-9-19-5-2-15(16)17(26)22-18/h2,5,8-9,11,13H,3-4,6-7,10H2,1H3,(H,21,22,26). The van der Waals surface area contributed by atoms with Crippen molar-refractivity contribution >= 4 is 16.8 Å². The van der Waals surface area contributed by atoms with Crippen LogP contribution >= 0.6 is 0 Å². The molecule has 9 nitrogen and oxygen atoms in total. The average molecular weight is 368 g/mol. The van der Waals surface area contributed by atoms with Gasteiger partial charge in [-0.2, -0.15) is 10.1 Å². The van der Waals surface area contributed by atoms with Crippen molar-refractivity contribution < 1.29 is 9.53 Å². The Kier molecular flexibility index (Phi) is 4.57. The van der Waals surface area contributed by atoms with Gasteiger partial charge in [-0.25, -0.2) is 0 Å². The lowest BCUT2D eigenvalue weighted by atomic mass is 9.97. The lowest BCUT2D eigenvalue weighted by molar-refractivity contribution is -0.130. The molecule has 1 aliphatic heterocycles. The first-order valence-electron chi connectivity index (χ1n) is 8.88. The van der Waals surface area contributed by atoms with Crippen LogP contribution in [0, 0.1) is 5.92 Å². The summed E-state index contributed by atoms with van der Waals surface area (Å²) in [7, 11) is 0. The summed E-state index contributed by atoms with van der Waals surface area (Å²) < 4.78 is 7.48. The normalized spacial score (nSPS) is 15.2. The van der Waals surface area contributed by atoms with Crippen molar-refractivity contribution in [3.05, 3.63) is 41.2 Å². The third kappa shape index (κ3) is 3.81. The fourth-order valence-corrected chi connectivity index (χ4v) is 3.32. The number of rotatable bonds is 4. The third-order valence-corrected chi connectivity index (χ3v) is 4.82. The summed E-state index contributed by atoms with van der Waals surface area (Å²) in [6.45, 7) is 3.96. The molecule has 0 spiro atoms. The van der Waals surface area contributed by atoms with E-state index in [4.69, 9.17) is 4.74 Å². The number of carbonyl (C=O) groups excluding carboxylic acids is 1. The number of H-pyrrole nitrogens is 1. The number of fused-ring (bicyclic) bond motifs is 1. The summed E-state index contributed by atoms with van der Waals surface area (Å²) in [5.74, 6) is 1.11. The number of pyridine rings is 1. The maximum Gasteiger partial charge on any atom is 0.302 e. The van der Waals surface area contributed by atoms with Crippen LogP contribution in [-0.2, 0) is 11.3 Å². The molecule has 1 N–H and O–H groups in total. The number of carbonyl (C=O) groups is 1. The number of likely N-dealkylation sites (tertiary alicyclic amines) is 1. The number of piperidine rings is 1. The lowest BCUT2D eigenvalue weighted by Gasteiger charge is -2.31. The second kappa shape index (κ2) is 7.18. The summed E-state index contributed by atoms with van der Waals surface area (Å²) in [5.41, 5.74) is 0.197. The predicted octanol–water partition coefficient (Wildman–Crippen LogP) is 1.57. The molecule has 9 heteroatoms. The quantitative estimate of drug-likeness (QED) is 0.749. The number of nitrogens with one attached hydrogen (secondary N) is 1. The van der Waals surface area contributed by atoms with Crippen molar-refractivity contribution in [2.75, 3.05) is 13.1 Å². The summed E-state index contributed by atoms with van der Waals surface area (Å²) in [6.07, 6.45) is 8.37. The van der Waals surface area contributed by atoms with E-state index in [1.54, 1.807) is 31.6 Å². The average Bonchev–Trinajstić information content (AvgIpc) is 3.09. The molecule has 1 saturated heterocycles. The molecular formula is C18H20N6O3. The molecule has 0 radical (unpaired) electrons. The molecule has 0 bridgehead atoms. The molecule has 1 aliphatic rings. The van der Waals surface area contributed by atoms with Gasteiger partial charge in [0.15, 0.2) is 5.75 Å². The van der Waals surface area contributed by atoms with Crippen molar-refractivity contribution in [2.24, 2.45) is 5.92 Å². The SMILES string of the molecule is CC(=O)N1CCC(Cn2cc(Oc3nc4cnccc4c(=O)[nH]3)cn2)CC1. The summed E-state index contributed by atoms with van der Waals surface area (Å²) in [5, 5.41) is 4.79. The number of hydrogen-bond acceptors (Lipinski definition) is 6. The first-order valence-corrected chi connectivity index (χ1v) is 8.88. The van der Waals surface area contributed by atoms with Gasteiger partial charge in [-0.1, -0.05) is 0 Å². The number of ether oxygens (including phenoxy) is 1. The van der Waals surface area contributed by atoms with Crippen LogP contribution in [0.1, 0.15) is 19.8 Å². The van der Waals surface area contributed by atoms with Crippen molar-refractivity contribution in [1.82, 2.24) is 29.6 Å². The van der Waals surface area contributed by atoms with E-state index in [1.165, 1.54) is 6.20 Å². The second-order valence-electron chi connectivity index (χ2n) is 6.71. The molecule has 1 fully saturated rings. The van der Waals surface area contributed by atoms with E-state index in [0.717, 1.165) is 32.5 Å². The van der Waals surface area contributed by atoms with Crippen LogP contribution in [-0.4, -0.2) is 48.6 Å². The zero-order valence-electron chi connectivity index (χ0n) is 15.0. The summed E-state index contributed by atoms with van der Waals surface area (Å²) in [4.78, 5) is 36.2. The minimum absolute atomic E-state index is 0.106. The molecular weight excluding hydrogens is 348 g/mol. The largest absolute Gasteiger partial charge is 0.422 e. The van der Waals surface area contributed by atoms with E-state index in [1.807, 2.05) is 9.58 Å². The van der Waals surface area contributed by atoms with Gasteiger partial charge in [0.05, 0.1) is 29.5 Å². The van der Waals surface area contributed by atoms with Gasteiger partial charge in [0.25, 0.3) is 5.56 Å². The molecule has 3 aromatic heterocycles. The van der Waals surface area contributed by atoms with Gasteiger partial charge in [0.2, 0.25) is 5.91 Å². The van der Waals surface area contributed by atoms with Crippen LogP contribution in [0.4, 0.5) is 0 Å². The fourth-order valence-electron chi connectivity index (χ4n) is 3.32. The van der Waals surface area contributed by atoms with Crippen molar-refractivity contribution in [1.29, 1.82) is 0 Å². The van der Waals surface area contributed by atoms with Crippen LogP contribution in [0.3, 0.4) is 0 Å². The van der Waals surface area contributed by atoms with Crippen LogP contribution in [0.2, 0.25) is 0 Å². The van der Waals surface area contributed by atoms with Crippen LogP contribution < -0.4 is 10.3 Å². The first kappa shape index (κ1) is 17.2. The molecule has 0 saturated carbocycles. The van der Waals surface area contributed by atoms with Gasteiger partial charge < -0.3 is 9.64 Å². The first-order chi connectivity index (χ1) is 13.1. The molecule has 3 aromatic rings. The zero-order chi connectivity index (χ0) is 18.8. The molecule has 27 heavy (non-hydrogen) atoms. The van der Waals surface area contributed by atoms with Crippen LogP contribution in [0.25, 0.3) is 10.9 Å². The molecule has 140 valence electrons. The zero-order valence-corrected chi connectivity index (χ0v) is 15.0. The molecule has 0 atom stereocenters. The summed E-state index contributed by atoms with van der Waals surface area (Å²) in [6, 6.07) is 1.72. The highest BCUT2D eigenvalue weighted by atomic mass is 16.5. The smallest absolute Gasteiger partial charge is 0.302 e. The third-order valence-electron chi connectivity index (χ3n) is 4.82. The second-order valence-corrected chi connectivity index (χ2v) is 6.71. The minimum atomic E-state index is -0.276. The van der Waals surface area contributed by atoms with Gasteiger partial charge in [-0.3, -0.25) is 24.2 Å². The lowest BCUT2D eigenvalue weighted by Crippen LogP contribution is -2.38. The van der Waals surface area contributed by atoms with Crippen molar-refractivity contribution in [3.8, 4) is 11.8 Å². The van der Waals surface area contributed by atoms with Gasteiger partial charge in [-0.05, 0) is 24.8 Å². The Morgan fingerprint density at radius 2 is 2.15 bits per heavy atom. The Labute approximate surface area is 155 Å². The predicted molar refractivity (Wildman–Crippen MR) is 97.4 cm³/mol. The molecule has 0 aromatic carbocycles. The maximum absolute atomic E-state index is 12.1. The molecule has 0 aliphatic carbocycles. The Morgan fingerprint density at radius 1 is 1.33 bits per heavy atom. The number of amides is 1. The van der Waals surface area contributed by atoms with Crippen molar-refractivity contribution in [2.45, 2.75) is 26.3 Å². The highest BCUT2D eigenvalue weighted by molar-refractivity contribution is 5.76. The van der Waals surface area contributed by atoms with Crippen molar-refractivity contribution in [3.63, 3.8) is 0 Å². The van der Waals surface area contributed by atoms with E-state index in [2.05, 4.69) is 20.1 Å². The van der Waals surface area contributed by atoms with E-state index in [9.17, 15) is 9.59 Å². The molecule has 4 heterocycles. The van der Waals surface area contributed by atoms with Gasteiger partial charge >= 0.3 is 6.01 Å². The monoisotopic (exact) mass is 368 g/mol. The van der Waals surface area contributed by atoms with Crippen LogP contribution in [0.15, 0.2) is 35.6 Å². The number of aromatic nitrogens is 5.